The Balaban J connectivity index is 1.71. The van der Waals surface area contributed by atoms with Gasteiger partial charge in [-0.15, -0.1) is 0 Å². The molecule has 1 N–H and O–H groups in total. The van der Waals surface area contributed by atoms with Crippen LogP contribution in [0.25, 0.3) is 0 Å². The topological polar surface area (TPSA) is 103 Å². The lowest BCUT2D eigenvalue weighted by atomic mass is 9.93. The maximum atomic E-state index is 13.9. The van der Waals surface area contributed by atoms with E-state index >= 15 is 0 Å². The molecule has 1 aromatic heterocycles. The summed E-state index contributed by atoms with van der Waals surface area (Å²) in [6.45, 7) is 6.60. The van der Waals surface area contributed by atoms with Crippen molar-refractivity contribution >= 4 is 17.8 Å². The van der Waals surface area contributed by atoms with Gasteiger partial charge in [0.15, 0.2) is 5.69 Å². The van der Waals surface area contributed by atoms with Crippen molar-refractivity contribution in [2.45, 2.75) is 45.9 Å². The number of para-hydroxylation sites is 1. The van der Waals surface area contributed by atoms with Gasteiger partial charge in [-0.2, -0.15) is 0 Å². The molecule has 0 aliphatic carbocycles. The minimum Gasteiger partial charge on any atom is -0.494 e. The van der Waals surface area contributed by atoms with Crippen LogP contribution in [0.5, 0.6) is 5.75 Å². The van der Waals surface area contributed by atoms with Crippen LogP contribution in [0.15, 0.2) is 54.9 Å². The molecule has 1 aliphatic heterocycles. The first-order valence-electron chi connectivity index (χ1n) is 11.8. The summed E-state index contributed by atoms with van der Waals surface area (Å²) in [5, 5.41) is 2.99. The van der Waals surface area contributed by atoms with Crippen LogP contribution in [0, 0.1) is 6.92 Å². The van der Waals surface area contributed by atoms with Gasteiger partial charge in [-0.1, -0.05) is 48.0 Å². The fourth-order valence-electron chi connectivity index (χ4n) is 4.36. The molecule has 3 aromatic rings. The summed E-state index contributed by atoms with van der Waals surface area (Å²) in [5.74, 6) is -0.885. The number of hydrogen-bond acceptors (Lipinski definition) is 6. The van der Waals surface area contributed by atoms with Gasteiger partial charge in [0.25, 0.3) is 5.91 Å². The van der Waals surface area contributed by atoms with E-state index in [0.29, 0.717) is 18.9 Å². The average Bonchev–Trinajstić information content (AvgIpc) is 3.30. The molecule has 0 fully saturated rings. The van der Waals surface area contributed by atoms with Crippen molar-refractivity contribution in [3.8, 4) is 5.75 Å². The van der Waals surface area contributed by atoms with Crippen LogP contribution in [0.3, 0.4) is 0 Å². The zero-order chi connectivity index (χ0) is 25.9. The monoisotopic (exact) mass is 490 g/mol. The second kappa shape index (κ2) is 10.2. The lowest BCUT2D eigenvalue weighted by Crippen LogP contribution is -2.63. The van der Waals surface area contributed by atoms with E-state index in [1.807, 2.05) is 62.4 Å². The van der Waals surface area contributed by atoms with Crippen LogP contribution in [-0.2, 0) is 29.2 Å². The van der Waals surface area contributed by atoms with E-state index in [4.69, 9.17) is 9.47 Å². The van der Waals surface area contributed by atoms with E-state index in [2.05, 4.69) is 10.3 Å². The van der Waals surface area contributed by atoms with E-state index in [9.17, 15) is 14.4 Å². The third-order valence-corrected chi connectivity index (χ3v) is 6.40. The van der Waals surface area contributed by atoms with E-state index < -0.39 is 17.4 Å². The van der Waals surface area contributed by atoms with Crippen molar-refractivity contribution < 1.29 is 23.9 Å². The number of rotatable bonds is 8. The van der Waals surface area contributed by atoms with E-state index in [1.165, 1.54) is 18.3 Å². The van der Waals surface area contributed by atoms with Gasteiger partial charge in [-0.3, -0.25) is 9.59 Å². The number of imidazole rings is 1. The predicted molar refractivity (Wildman–Crippen MR) is 132 cm³/mol. The second-order valence-corrected chi connectivity index (χ2v) is 8.94. The van der Waals surface area contributed by atoms with Crippen molar-refractivity contribution in [1.29, 1.82) is 0 Å². The molecule has 1 atom stereocenters. The number of benzene rings is 2. The summed E-state index contributed by atoms with van der Waals surface area (Å²) in [4.78, 5) is 45.4. The van der Waals surface area contributed by atoms with Crippen LogP contribution < -0.4 is 10.1 Å². The fraction of sp³-hybridized carbons (Fsp3) is 0.333. The summed E-state index contributed by atoms with van der Waals surface area (Å²) in [5.41, 5.74) is 1.58. The molecule has 9 heteroatoms. The SMILES string of the molecule is CCOc1ccccc1CN1C(=O)c2c(C(=O)OC)ncn2CC1(C)C(=O)NCc1ccc(C)cc1. The minimum absolute atomic E-state index is 0.0762. The highest BCUT2D eigenvalue weighted by molar-refractivity contribution is 6.06. The Morgan fingerprint density at radius 3 is 2.56 bits per heavy atom. The number of carbonyl (C=O) groups is 3. The van der Waals surface area contributed by atoms with Crippen LogP contribution in [0.4, 0.5) is 0 Å². The number of ether oxygens (including phenoxy) is 2. The minimum atomic E-state index is -1.26. The Labute approximate surface area is 210 Å². The number of esters is 1. The molecule has 9 nitrogen and oxygen atoms in total. The van der Waals surface area contributed by atoms with Crippen molar-refractivity contribution in [2.24, 2.45) is 0 Å². The highest BCUT2D eigenvalue weighted by atomic mass is 16.5. The van der Waals surface area contributed by atoms with Crippen LogP contribution in [-0.4, -0.2) is 51.5 Å². The van der Waals surface area contributed by atoms with Gasteiger partial charge in [0, 0.05) is 12.1 Å². The summed E-state index contributed by atoms with van der Waals surface area (Å²) in [7, 11) is 1.24. The highest BCUT2D eigenvalue weighted by Crippen LogP contribution is 2.32. The lowest BCUT2D eigenvalue weighted by molar-refractivity contribution is -0.133. The molecule has 1 unspecified atom stereocenters. The number of fused-ring (bicyclic) bond motifs is 1. The molecule has 0 saturated heterocycles. The molecule has 1 aliphatic rings. The summed E-state index contributed by atoms with van der Waals surface area (Å²) in [6.07, 6.45) is 1.40. The first kappa shape index (κ1) is 25.0. The van der Waals surface area contributed by atoms with E-state index in [-0.39, 0.29) is 30.4 Å². The number of nitrogens with zero attached hydrogens (tertiary/aromatic N) is 3. The Kier molecular flexibility index (Phi) is 7.10. The van der Waals surface area contributed by atoms with Crippen molar-refractivity contribution in [3.63, 3.8) is 0 Å². The van der Waals surface area contributed by atoms with Gasteiger partial charge in [0.05, 0.1) is 33.1 Å². The Morgan fingerprint density at radius 1 is 1.14 bits per heavy atom. The quantitative estimate of drug-likeness (QED) is 0.487. The Morgan fingerprint density at radius 2 is 1.86 bits per heavy atom. The van der Waals surface area contributed by atoms with Gasteiger partial charge in [-0.05, 0) is 32.4 Å². The zero-order valence-corrected chi connectivity index (χ0v) is 20.9. The summed E-state index contributed by atoms with van der Waals surface area (Å²) >= 11 is 0. The normalized spacial score (nSPS) is 16.9. The maximum Gasteiger partial charge on any atom is 0.359 e. The molecule has 0 bridgehead atoms. The predicted octanol–water partition coefficient (Wildman–Crippen LogP) is 3.11. The van der Waals surface area contributed by atoms with Gasteiger partial charge in [0.2, 0.25) is 5.91 Å². The molecular weight excluding hydrogens is 460 g/mol. The fourth-order valence-corrected chi connectivity index (χ4v) is 4.36. The van der Waals surface area contributed by atoms with Gasteiger partial charge >= 0.3 is 5.97 Å². The standard InChI is InChI=1S/C27H30N4O5/c1-5-36-21-9-7-6-8-20(21)15-31-24(32)23-22(25(33)35-4)29-17-30(23)16-27(31,3)26(34)28-14-19-12-10-18(2)11-13-19/h6-13,17H,5,14-16H2,1-4H3,(H,28,34). The molecule has 2 aromatic carbocycles. The Bertz CT molecular complexity index is 1280. The van der Waals surface area contributed by atoms with Gasteiger partial charge in [-0.25, -0.2) is 9.78 Å². The number of hydrogen-bond donors (Lipinski definition) is 1. The first-order valence-corrected chi connectivity index (χ1v) is 11.8. The highest BCUT2D eigenvalue weighted by Gasteiger charge is 2.49. The summed E-state index contributed by atoms with van der Waals surface area (Å²) < 4.78 is 12.1. The molecule has 2 amide bonds. The number of aryl methyl sites for hydroxylation is 1. The zero-order valence-electron chi connectivity index (χ0n) is 20.9. The summed E-state index contributed by atoms with van der Waals surface area (Å²) in [6, 6.07) is 15.3. The first-order chi connectivity index (χ1) is 17.3. The maximum absolute atomic E-state index is 13.9. The number of nitrogens with one attached hydrogen (secondary N) is 1. The molecule has 0 spiro atoms. The number of carbonyl (C=O) groups excluding carboxylic acids is 3. The van der Waals surface area contributed by atoms with Crippen molar-refractivity contribution in [2.75, 3.05) is 13.7 Å². The molecule has 36 heavy (non-hydrogen) atoms. The number of aromatic nitrogens is 2. The van der Waals surface area contributed by atoms with Crippen LogP contribution in [0.1, 0.15) is 51.5 Å². The molecule has 0 radical (unpaired) electrons. The van der Waals surface area contributed by atoms with Gasteiger partial charge in [0.1, 0.15) is 17.0 Å². The Hall–Kier alpha value is -4.14. The second-order valence-electron chi connectivity index (χ2n) is 8.94. The smallest absolute Gasteiger partial charge is 0.359 e. The third kappa shape index (κ3) is 4.68. The molecular formula is C27H30N4O5. The van der Waals surface area contributed by atoms with Crippen molar-refractivity contribution in [1.82, 2.24) is 19.8 Å². The number of amides is 2. The van der Waals surface area contributed by atoms with Crippen LogP contribution in [0.2, 0.25) is 0 Å². The molecule has 188 valence electrons. The molecule has 2 heterocycles. The number of methoxy groups -OCH3 is 1. The average molecular weight is 491 g/mol. The molecule has 4 rings (SSSR count). The molecule has 0 saturated carbocycles. The van der Waals surface area contributed by atoms with Crippen LogP contribution >= 0.6 is 0 Å². The lowest BCUT2D eigenvalue weighted by Gasteiger charge is -2.44. The van der Waals surface area contributed by atoms with Gasteiger partial charge < -0.3 is 24.3 Å². The van der Waals surface area contributed by atoms with E-state index in [0.717, 1.165) is 16.7 Å². The largest absolute Gasteiger partial charge is 0.494 e. The third-order valence-electron chi connectivity index (χ3n) is 6.40. The van der Waals surface area contributed by atoms with E-state index in [1.54, 1.807) is 11.5 Å². The van der Waals surface area contributed by atoms with Crippen molar-refractivity contribution in [3.05, 3.63) is 82.9 Å².